The van der Waals surface area contributed by atoms with Crippen LogP contribution in [0.25, 0.3) is 0 Å². The molecule has 2 heterocycles. The van der Waals surface area contributed by atoms with Crippen LogP contribution in [0.5, 0.6) is 0 Å². The Labute approximate surface area is 87.7 Å². The lowest BCUT2D eigenvalue weighted by Crippen LogP contribution is -2.37. The molecule has 0 radical (unpaired) electrons. The third kappa shape index (κ3) is 1.78. The molecule has 1 unspecified atom stereocenters. The number of nitrogens with zero attached hydrogens (tertiary/aromatic N) is 2. The van der Waals surface area contributed by atoms with Gasteiger partial charge in [0.05, 0.1) is 23.8 Å². The number of anilines is 2. The zero-order valence-corrected chi connectivity index (χ0v) is 8.70. The first kappa shape index (κ1) is 9.61. The number of aromatic nitrogens is 1. The van der Waals surface area contributed by atoms with Gasteiger partial charge in [0.2, 0.25) is 0 Å². The van der Waals surface area contributed by atoms with Gasteiger partial charge in [-0.1, -0.05) is 0 Å². The van der Waals surface area contributed by atoms with Crippen LogP contribution in [-0.4, -0.2) is 29.2 Å². The largest absolute Gasteiger partial charge is 0.397 e. The summed E-state index contributed by atoms with van der Waals surface area (Å²) in [7, 11) is 0. The van der Waals surface area contributed by atoms with Gasteiger partial charge >= 0.3 is 0 Å². The van der Waals surface area contributed by atoms with E-state index < -0.39 is 0 Å². The van der Waals surface area contributed by atoms with Crippen molar-refractivity contribution < 1.29 is 0 Å². The Kier molecular flexibility index (Phi) is 2.79. The summed E-state index contributed by atoms with van der Waals surface area (Å²) in [6.45, 7) is 0.680. The summed E-state index contributed by atoms with van der Waals surface area (Å²) in [6, 6.07) is 4.24. The second kappa shape index (κ2) is 4.06. The van der Waals surface area contributed by atoms with Gasteiger partial charge < -0.3 is 16.4 Å². The van der Waals surface area contributed by atoms with Crippen LogP contribution >= 0.6 is 11.8 Å². The molecule has 1 fully saturated rings. The summed E-state index contributed by atoms with van der Waals surface area (Å²) >= 11 is 1.89. The first-order chi connectivity index (χ1) is 6.81. The van der Waals surface area contributed by atoms with Crippen molar-refractivity contribution in [1.29, 1.82) is 0 Å². The van der Waals surface area contributed by atoms with Crippen LogP contribution < -0.4 is 16.4 Å². The molecule has 4 nitrogen and oxygen atoms in total. The van der Waals surface area contributed by atoms with Crippen molar-refractivity contribution in [3.63, 3.8) is 0 Å². The van der Waals surface area contributed by atoms with E-state index in [-0.39, 0.29) is 0 Å². The maximum atomic E-state index is 5.68. The highest BCUT2D eigenvalue weighted by molar-refractivity contribution is 7.99. The van der Waals surface area contributed by atoms with E-state index in [4.69, 9.17) is 11.5 Å². The highest BCUT2D eigenvalue weighted by atomic mass is 32.2. The van der Waals surface area contributed by atoms with Gasteiger partial charge in [-0.2, -0.15) is 0 Å². The average molecular weight is 210 g/mol. The van der Waals surface area contributed by atoms with Gasteiger partial charge in [0.1, 0.15) is 5.82 Å². The minimum atomic E-state index is 0.413. The Morgan fingerprint density at radius 3 is 3.07 bits per heavy atom. The molecule has 2 rings (SSSR count). The predicted molar refractivity (Wildman–Crippen MR) is 61.3 cm³/mol. The SMILES string of the molecule is NCC1CSCN1c1ccc(N)cn1. The summed E-state index contributed by atoms with van der Waals surface area (Å²) in [5.41, 5.74) is 12.0. The Hall–Kier alpha value is -0.940. The average Bonchev–Trinajstić information content (AvgIpc) is 2.67. The van der Waals surface area contributed by atoms with E-state index >= 15 is 0 Å². The highest BCUT2D eigenvalue weighted by Gasteiger charge is 2.24. The van der Waals surface area contributed by atoms with Gasteiger partial charge in [-0.3, -0.25) is 0 Å². The fourth-order valence-corrected chi connectivity index (χ4v) is 2.73. The number of nitrogen functional groups attached to an aromatic ring is 1. The van der Waals surface area contributed by atoms with Crippen molar-refractivity contribution in [3.8, 4) is 0 Å². The summed E-state index contributed by atoms with van der Waals surface area (Å²) in [5.74, 6) is 3.03. The van der Waals surface area contributed by atoms with Crippen molar-refractivity contribution >= 4 is 23.3 Å². The van der Waals surface area contributed by atoms with Crippen LogP contribution in [0.2, 0.25) is 0 Å². The van der Waals surface area contributed by atoms with Gasteiger partial charge in [0.15, 0.2) is 0 Å². The van der Waals surface area contributed by atoms with Gasteiger partial charge in [-0.25, -0.2) is 4.98 Å². The van der Waals surface area contributed by atoms with Crippen LogP contribution in [-0.2, 0) is 0 Å². The lowest BCUT2D eigenvalue weighted by Gasteiger charge is -2.23. The zero-order valence-electron chi connectivity index (χ0n) is 7.89. The van der Waals surface area contributed by atoms with Gasteiger partial charge in [0.25, 0.3) is 0 Å². The fourth-order valence-electron chi connectivity index (χ4n) is 1.50. The highest BCUT2D eigenvalue weighted by Crippen LogP contribution is 2.25. The monoisotopic (exact) mass is 210 g/mol. The molecule has 76 valence electrons. The van der Waals surface area contributed by atoms with Crippen LogP contribution in [0.3, 0.4) is 0 Å². The molecule has 0 bridgehead atoms. The van der Waals surface area contributed by atoms with Crippen LogP contribution in [0.15, 0.2) is 18.3 Å². The zero-order chi connectivity index (χ0) is 9.97. The molecule has 0 aliphatic carbocycles. The minimum absolute atomic E-state index is 0.413. The molecule has 1 saturated heterocycles. The maximum Gasteiger partial charge on any atom is 0.129 e. The summed E-state index contributed by atoms with van der Waals surface area (Å²) in [5, 5.41) is 0. The Morgan fingerprint density at radius 2 is 2.43 bits per heavy atom. The Morgan fingerprint density at radius 1 is 1.57 bits per heavy atom. The van der Waals surface area contributed by atoms with E-state index in [1.165, 1.54) is 0 Å². The fraction of sp³-hybridized carbons (Fsp3) is 0.444. The standard InChI is InChI=1S/C9H14N4S/c10-3-8-5-14-6-13(8)9-2-1-7(11)4-12-9/h1-2,4,8H,3,5-6,10-11H2. The first-order valence-corrected chi connectivity index (χ1v) is 5.72. The van der Waals surface area contributed by atoms with Crippen molar-refractivity contribution in [1.82, 2.24) is 4.98 Å². The molecular weight excluding hydrogens is 196 g/mol. The third-order valence-corrected chi connectivity index (χ3v) is 3.40. The van der Waals surface area contributed by atoms with Crippen LogP contribution in [0, 0.1) is 0 Å². The number of nitrogens with two attached hydrogens (primary N) is 2. The first-order valence-electron chi connectivity index (χ1n) is 4.57. The molecular formula is C9H14N4S. The summed E-state index contributed by atoms with van der Waals surface area (Å²) in [6.07, 6.45) is 1.69. The number of rotatable bonds is 2. The topological polar surface area (TPSA) is 68.2 Å². The van der Waals surface area contributed by atoms with Crippen LogP contribution in [0.4, 0.5) is 11.5 Å². The number of hydrogen-bond acceptors (Lipinski definition) is 5. The van der Waals surface area contributed by atoms with E-state index in [0.717, 1.165) is 17.4 Å². The van der Waals surface area contributed by atoms with Crippen molar-refractivity contribution in [2.75, 3.05) is 28.8 Å². The number of pyridine rings is 1. The van der Waals surface area contributed by atoms with E-state index in [2.05, 4.69) is 9.88 Å². The number of hydrogen-bond donors (Lipinski definition) is 2. The number of thioether (sulfide) groups is 1. The smallest absolute Gasteiger partial charge is 0.129 e. The van der Waals surface area contributed by atoms with E-state index in [9.17, 15) is 0 Å². The Balaban J connectivity index is 2.17. The molecule has 4 N–H and O–H groups in total. The molecule has 14 heavy (non-hydrogen) atoms. The maximum absolute atomic E-state index is 5.68. The molecule has 0 aromatic carbocycles. The summed E-state index contributed by atoms with van der Waals surface area (Å²) < 4.78 is 0. The predicted octanol–water partition coefficient (Wildman–Crippen LogP) is 0.502. The van der Waals surface area contributed by atoms with Gasteiger partial charge in [0, 0.05) is 12.3 Å². The van der Waals surface area contributed by atoms with Crippen molar-refractivity contribution in [2.24, 2.45) is 5.73 Å². The lowest BCUT2D eigenvalue weighted by atomic mass is 10.3. The van der Waals surface area contributed by atoms with Crippen LogP contribution in [0.1, 0.15) is 0 Å². The normalized spacial score (nSPS) is 21.5. The van der Waals surface area contributed by atoms with E-state index in [0.29, 0.717) is 18.3 Å². The van der Waals surface area contributed by atoms with E-state index in [1.54, 1.807) is 6.20 Å². The minimum Gasteiger partial charge on any atom is -0.397 e. The van der Waals surface area contributed by atoms with E-state index in [1.807, 2.05) is 23.9 Å². The third-order valence-electron chi connectivity index (χ3n) is 2.32. The molecule has 5 heteroatoms. The lowest BCUT2D eigenvalue weighted by molar-refractivity contribution is 0.710. The molecule has 1 aromatic heterocycles. The molecule has 0 saturated carbocycles. The quantitative estimate of drug-likeness (QED) is 0.744. The molecule has 1 aromatic rings. The van der Waals surface area contributed by atoms with Crippen molar-refractivity contribution in [2.45, 2.75) is 6.04 Å². The Bertz CT molecular complexity index is 300. The summed E-state index contributed by atoms with van der Waals surface area (Å²) in [4.78, 5) is 6.52. The second-order valence-corrected chi connectivity index (χ2v) is 4.31. The van der Waals surface area contributed by atoms with Gasteiger partial charge in [-0.15, -0.1) is 11.8 Å². The molecule has 0 spiro atoms. The van der Waals surface area contributed by atoms with Gasteiger partial charge in [-0.05, 0) is 12.1 Å². The molecule has 1 aliphatic rings. The molecule has 1 aliphatic heterocycles. The van der Waals surface area contributed by atoms with Crippen molar-refractivity contribution in [3.05, 3.63) is 18.3 Å². The molecule has 0 amide bonds. The molecule has 1 atom stereocenters. The second-order valence-electron chi connectivity index (χ2n) is 3.31.